The molecule has 3 rings (SSSR count). The first-order chi connectivity index (χ1) is 11.0. The van der Waals surface area contributed by atoms with E-state index in [4.69, 9.17) is 11.6 Å². The fourth-order valence-corrected chi connectivity index (χ4v) is 2.40. The van der Waals surface area contributed by atoms with Gasteiger partial charge in [-0.2, -0.15) is 0 Å². The van der Waals surface area contributed by atoms with E-state index < -0.39 is 11.0 Å². The van der Waals surface area contributed by atoms with E-state index in [1.807, 2.05) is 0 Å². The van der Waals surface area contributed by atoms with E-state index in [1.165, 1.54) is 29.2 Å². The van der Waals surface area contributed by atoms with E-state index in [9.17, 15) is 19.3 Å². The van der Waals surface area contributed by atoms with Crippen molar-refractivity contribution >= 4 is 34.7 Å². The summed E-state index contributed by atoms with van der Waals surface area (Å²) in [6.07, 6.45) is 1.06. The molecule has 0 unspecified atom stereocenters. The number of nitrogens with one attached hydrogen (secondary N) is 1. The first kappa shape index (κ1) is 15.2. The van der Waals surface area contributed by atoms with Crippen LogP contribution in [0, 0.1) is 15.9 Å². The number of benzene rings is 1. The van der Waals surface area contributed by atoms with Gasteiger partial charge in [0.2, 0.25) is 0 Å². The normalized spacial score (nSPS) is 16.9. The van der Waals surface area contributed by atoms with Crippen molar-refractivity contribution in [1.82, 2.24) is 4.98 Å². The van der Waals surface area contributed by atoms with Crippen LogP contribution >= 0.6 is 11.6 Å². The van der Waals surface area contributed by atoms with Crippen molar-refractivity contribution in [1.29, 1.82) is 0 Å². The average molecular weight is 337 g/mol. The zero-order valence-electron chi connectivity index (χ0n) is 11.6. The van der Waals surface area contributed by atoms with E-state index >= 15 is 0 Å². The molecule has 2 aromatic rings. The minimum atomic E-state index is -0.604. The molecule has 0 spiro atoms. The van der Waals surface area contributed by atoms with Crippen LogP contribution in [0.3, 0.4) is 0 Å². The molecule has 1 fully saturated rings. The smallest absolute Gasteiger partial charge is 0.289 e. The van der Waals surface area contributed by atoms with Gasteiger partial charge in [-0.1, -0.05) is 11.6 Å². The lowest BCUT2D eigenvalue weighted by Gasteiger charge is -2.38. The van der Waals surface area contributed by atoms with Crippen molar-refractivity contribution in [2.24, 2.45) is 0 Å². The van der Waals surface area contributed by atoms with Crippen molar-refractivity contribution in [2.75, 3.05) is 16.8 Å². The summed E-state index contributed by atoms with van der Waals surface area (Å²) in [4.78, 5) is 27.5. The van der Waals surface area contributed by atoms with Gasteiger partial charge in [0.05, 0.1) is 16.5 Å². The molecule has 1 saturated heterocycles. The molecule has 1 amide bonds. The largest absolute Gasteiger partial charge is 0.356 e. The maximum absolute atomic E-state index is 12.9. The Morgan fingerprint density at radius 3 is 2.65 bits per heavy atom. The van der Waals surface area contributed by atoms with Gasteiger partial charge in [0.1, 0.15) is 23.9 Å². The average Bonchev–Trinajstić information content (AvgIpc) is 2.53. The minimum Gasteiger partial charge on any atom is -0.356 e. The van der Waals surface area contributed by atoms with Crippen LogP contribution in [0.5, 0.6) is 0 Å². The number of halogens is 2. The van der Waals surface area contributed by atoms with Gasteiger partial charge in [-0.3, -0.25) is 14.9 Å². The Hall–Kier alpha value is -2.74. The summed E-state index contributed by atoms with van der Waals surface area (Å²) in [5.74, 6) is -0.388. The van der Waals surface area contributed by atoms with E-state index in [2.05, 4.69) is 10.3 Å². The predicted octanol–water partition coefficient (Wildman–Crippen LogP) is 2.61. The lowest BCUT2D eigenvalue weighted by Crippen LogP contribution is -2.60. The molecule has 1 aliphatic rings. The minimum absolute atomic E-state index is 0.0623. The van der Waals surface area contributed by atoms with E-state index in [-0.39, 0.29) is 28.3 Å². The van der Waals surface area contributed by atoms with Crippen LogP contribution in [0.4, 0.5) is 21.6 Å². The fraction of sp³-hybridized carbons (Fsp3) is 0.143. The molecule has 1 aromatic heterocycles. The first-order valence-electron chi connectivity index (χ1n) is 6.59. The summed E-state index contributed by atoms with van der Waals surface area (Å²) in [7, 11) is 0. The van der Waals surface area contributed by atoms with Gasteiger partial charge >= 0.3 is 0 Å². The molecule has 0 radical (unpaired) electrons. The summed E-state index contributed by atoms with van der Waals surface area (Å²) in [5, 5.41) is 13.5. The van der Waals surface area contributed by atoms with Crippen molar-refractivity contribution in [2.45, 2.75) is 6.04 Å². The lowest BCUT2D eigenvalue weighted by atomic mass is 10.1. The molecule has 0 saturated carbocycles. The van der Waals surface area contributed by atoms with Gasteiger partial charge in [0, 0.05) is 11.8 Å². The molecule has 118 valence electrons. The molecule has 2 heterocycles. The maximum Gasteiger partial charge on any atom is 0.289 e. The van der Waals surface area contributed by atoms with Crippen LogP contribution in [-0.2, 0) is 4.79 Å². The molecule has 7 nitrogen and oxygen atoms in total. The van der Waals surface area contributed by atoms with Gasteiger partial charge in [-0.05, 0) is 24.3 Å². The number of β-lactam (4-membered cyclic amide) rings is 1. The number of carbonyl (C=O) groups is 1. The number of pyridine rings is 1. The molecular weight excluding hydrogens is 327 g/mol. The van der Waals surface area contributed by atoms with Gasteiger partial charge in [-0.15, -0.1) is 0 Å². The highest BCUT2D eigenvalue weighted by molar-refractivity contribution is 6.33. The molecule has 1 N–H and O–H groups in total. The van der Waals surface area contributed by atoms with Gasteiger partial charge in [0.25, 0.3) is 11.6 Å². The summed E-state index contributed by atoms with van der Waals surface area (Å²) in [6.45, 7) is 0.361. The number of rotatable bonds is 4. The topological polar surface area (TPSA) is 88.4 Å². The van der Waals surface area contributed by atoms with Crippen LogP contribution in [-0.4, -0.2) is 28.4 Å². The van der Waals surface area contributed by atoms with E-state index in [1.54, 1.807) is 0 Å². The van der Waals surface area contributed by atoms with Crippen molar-refractivity contribution < 1.29 is 14.1 Å². The third-order valence-corrected chi connectivity index (χ3v) is 3.70. The number of nitrogens with zero attached hydrogens (tertiary/aromatic N) is 3. The number of carbonyl (C=O) groups excluding carboxylic acids is 1. The second-order valence-electron chi connectivity index (χ2n) is 4.90. The predicted molar refractivity (Wildman–Crippen MR) is 82.1 cm³/mol. The highest BCUT2D eigenvalue weighted by Gasteiger charge is 2.38. The van der Waals surface area contributed by atoms with Crippen LogP contribution in [0.15, 0.2) is 36.5 Å². The van der Waals surface area contributed by atoms with Crippen LogP contribution < -0.4 is 10.2 Å². The Morgan fingerprint density at radius 2 is 2.09 bits per heavy atom. The first-order valence-corrected chi connectivity index (χ1v) is 6.97. The lowest BCUT2D eigenvalue weighted by molar-refractivity contribution is -0.385. The summed E-state index contributed by atoms with van der Waals surface area (Å²) >= 11 is 5.92. The number of amides is 1. The van der Waals surface area contributed by atoms with Gasteiger partial charge < -0.3 is 10.2 Å². The fourth-order valence-electron chi connectivity index (χ4n) is 2.19. The second-order valence-corrected chi connectivity index (χ2v) is 5.31. The Kier molecular flexibility index (Phi) is 3.83. The SMILES string of the molecule is O=C1[C@@H](Nc2ncc([N+](=O)[O-])cc2Cl)CN1c1ccc(F)cc1. The van der Waals surface area contributed by atoms with Gasteiger partial charge in [-0.25, -0.2) is 9.37 Å². The number of hydrogen-bond acceptors (Lipinski definition) is 5. The molecule has 0 aliphatic carbocycles. The summed E-state index contributed by atoms with van der Waals surface area (Å²) in [5.41, 5.74) is 0.366. The number of hydrogen-bond donors (Lipinski definition) is 1. The quantitative estimate of drug-likeness (QED) is 0.526. The maximum atomic E-state index is 12.9. The molecule has 0 bridgehead atoms. The third-order valence-electron chi connectivity index (χ3n) is 3.42. The molecule has 23 heavy (non-hydrogen) atoms. The zero-order valence-corrected chi connectivity index (χ0v) is 12.3. The molecule has 9 heteroatoms. The Labute approximate surface area is 134 Å². The van der Waals surface area contributed by atoms with Crippen LogP contribution in [0.1, 0.15) is 0 Å². The number of aromatic nitrogens is 1. The number of anilines is 2. The third kappa shape index (κ3) is 2.93. The molecule has 1 aromatic carbocycles. The molecule has 1 aliphatic heterocycles. The summed E-state index contributed by atoms with van der Waals surface area (Å²) in [6, 6.07) is 6.21. The standard InChI is InChI=1S/C14H10ClFN4O3/c15-11-5-10(20(22)23)6-17-13(11)18-12-7-19(14(12)21)9-3-1-8(16)2-4-9/h1-6,12H,7H2,(H,17,18)/t12-/m0/s1. The van der Waals surface area contributed by atoms with Crippen LogP contribution in [0.25, 0.3) is 0 Å². The molecule has 1 atom stereocenters. The van der Waals surface area contributed by atoms with Crippen LogP contribution in [0.2, 0.25) is 5.02 Å². The van der Waals surface area contributed by atoms with E-state index in [0.29, 0.717) is 12.2 Å². The van der Waals surface area contributed by atoms with Gasteiger partial charge in [0.15, 0.2) is 0 Å². The molecular formula is C14H10ClFN4O3. The van der Waals surface area contributed by atoms with Crippen molar-refractivity contribution in [3.63, 3.8) is 0 Å². The monoisotopic (exact) mass is 336 g/mol. The van der Waals surface area contributed by atoms with Crippen molar-refractivity contribution in [3.05, 3.63) is 57.5 Å². The highest BCUT2D eigenvalue weighted by Crippen LogP contribution is 2.28. The zero-order chi connectivity index (χ0) is 16.6. The Balaban J connectivity index is 1.68. The van der Waals surface area contributed by atoms with Crippen molar-refractivity contribution in [3.8, 4) is 0 Å². The van der Waals surface area contributed by atoms with E-state index in [0.717, 1.165) is 12.3 Å². The Morgan fingerprint density at radius 1 is 1.39 bits per heavy atom. The number of nitro groups is 1. The second kappa shape index (κ2) is 5.81. The summed E-state index contributed by atoms with van der Waals surface area (Å²) < 4.78 is 12.9. The Bertz CT molecular complexity index is 784. The highest BCUT2D eigenvalue weighted by atomic mass is 35.5.